The minimum absolute atomic E-state index is 0.536. The molecule has 18 heavy (non-hydrogen) atoms. The van der Waals surface area contributed by atoms with Crippen LogP contribution in [0.15, 0.2) is 6.07 Å². The summed E-state index contributed by atoms with van der Waals surface area (Å²) in [5, 5.41) is 3.36. The van der Waals surface area contributed by atoms with Crippen LogP contribution in [0.3, 0.4) is 0 Å². The number of rotatable bonds is 5. The Kier molecular flexibility index (Phi) is 4.36. The van der Waals surface area contributed by atoms with E-state index in [9.17, 15) is 0 Å². The number of ether oxygens (including phenoxy) is 1. The molecular weight excluding hydrogens is 228 g/mol. The predicted molar refractivity (Wildman–Crippen MR) is 72.1 cm³/mol. The molecule has 0 bridgehead atoms. The lowest BCUT2D eigenvalue weighted by molar-refractivity contribution is 0.269. The van der Waals surface area contributed by atoms with Gasteiger partial charge in [-0.25, -0.2) is 4.98 Å². The third-order valence-electron chi connectivity index (χ3n) is 3.37. The Morgan fingerprint density at radius 3 is 2.78 bits per heavy atom. The number of aryl methyl sites for hydroxylation is 1. The average Bonchev–Trinajstić information content (AvgIpc) is 2.89. The van der Waals surface area contributed by atoms with Gasteiger partial charge in [-0.15, -0.1) is 0 Å². The summed E-state index contributed by atoms with van der Waals surface area (Å²) < 4.78 is 5.14. The maximum absolute atomic E-state index is 5.14. The van der Waals surface area contributed by atoms with Gasteiger partial charge < -0.3 is 10.1 Å². The Labute approximate surface area is 109 Å². The van der Waals surface area contributed by atoms with Gasteiger partial charge in [0.15, 0.2) is 0 Å². The summed E-state index contributed by atoms with van der Waals surface area (Å²) >= 11 is 0. The molecule has 2 rings (SSSR count). The van der Waals surface area contributed by atoms with E-state index in [-0.39, 0.29) is 0 Å². The molecule has 1 fully saturated rings. The molecule has 0 amide bonds. The third-order valence-corrected chi connectivity index (χ3v) is 3.37. The molecular formula is C13H22N4O. The van der Waals surface area contributed by atoms with Crippen molar-refractivity contribution < 1.29 is 4.74 Å². The van der Waals surface area contributed by atoms with Crippen molar-refractivity contribution in [2.24, 2.45) is 0 Å². The molecule has 0 radical (unpaired) electrons. The summed E-state index contributed by atoms with van der Waals surface area (Å²) in [6, 6.07) is 2.37. The van der Waals surface area contributed by atoms with E-state index in [4.69, 9.17) is 4.74 Å². The fraction of sp³-hybridized carbons (Fsp3) is 0.692. The quantitative estimate of drug-likeness (QED) is 0.862. The van der Waals surface area contributed by atoms with Crippen molar-refractivity contribution in [3.8, 4) is 5.88 Å². The van der Waals surface area contributed by atoms with Gasteiger partial charge in [0.1, 0.15) is 11.6 Å². The van der Waals surface area contributed by atoms with Crippen molar-refractivity contribution >= 4 is 5.82 Å². The Morgan fingerprint density at radius 2 is 2.11 bits per heavy atom. The van der Waals surface area contributed by atoms with E-state index in [1.807, 2.05) is 13.0 Å². The first kappa shape index (κ1) is 13.1. The summed E-state index contributed by atoms with van der Waals surface area (Å²) in [4.78, 5) is 11.0. The Hall–Kier alpha value is -1.36. The van der Waals surface area contributed by atoms with Crippen LogP contribution in [-0.2, 0) is 0 Å². The molecule has 2 heterocycles. The highest BCUT2D eigenvalue weighted by Gasteiger charge is 2.17. The number of nitrogens with zero attached hydrogens (tertiary/aromatic N) is 3. The number of aromatic nitrogens is 2. The molecule has 1 saturated heterocycles. The van der Waals surface area contributed by atoms with E-state index < -0.39 is 0 Å². The van der Waals surface area contributed by atoms with E-state index in [1.54, 1.807) is 7.11 Å². The monoisotopic (exact) mass is 250 g/mol. The number of hydrogen-bond donors (Lipinski definition) is 1. The molecule has 0 aliphatic carbocycles. The highest BCUT2D eigenvalue weighted by atomic mass is 16.5. The maximum atomic E-state index is 5.14. The third kappa shape index (κ3) is 3.32. The number of likely N-dealkylation sites (tertiary alicyclic amines) is 1. The molecule has 100 valence electrons. The summed E-state index contributed by atoms with van der Waals surface area (Å²) in [7, 11) is 1.62. The van der Waals surface area contributed by atoms with Gasteiger partial charge in [-0.1, -0.05) is 0 Å². The van der Waals surface area contributed by atoms with Gasteiger partial charge in [-0.3, -0.25) is 4.90 Å². The van der Waals surface area contributed by atoms with Gasteiger partial charge >= 0.3 is 0 Å². The van der Waals surface area contributed by atoms with Gasteiger partial charge in [-0.05, 0) is 39.8 Å². The first-order chi connectivity index (χ1) is 8.69. The molecule has 1 aromatic heterocycles. The average molecular weight is 250 g/mol. The van der Waals surface area contributed by atoms with Crippen LogP contribution < -0.4 is 10.1 Å². The highest BCUT2D eigenvalue weighted by molar-refractivity contribution is 5.38. The van der Waals surface area contributed by atoms with Crippen LogP contribution in [0.4, 0.5) is 5.82 Å². The molecule has 5 heteroatoms. The Bertz CT molecular complexity index is 391. The number of methoxy groups -OCH3 is 1. The lowest BCUT2D eigenvalue weighted by atomic mass is 10.3. The van der Waals surface area contributed by atoms with E-state index in [1.165, 1.54) is 25.9 Å². The molecule has 1 unspecified atom stereocenters. The van der Waals surface area contributed by atoms with E-state index in [0.717, 1.165) is 18.2 Å². The molecule has 1 aliphatic rings. The molecule has 0 saturated carbocycles. The van der Waals surface area contributed by atoms with Gasteiger partial charge in [0, 0.05) is 18.7 Å². The van der Waals surface area contributed by atoms with Crippen LogP contribution >= 0.6 is 0 Å². The highest BCUT2D eigenvalue weighted by Crippen LogP contribution is 2.15. The summed E-state index contributed by atoms with van der Waals surface area (Å²) in [6.07, 6.45) is 2.65. The SMILES string of the molecule is COc1cc(NCC(C)N2CCCC2)nc(C)n1. The number of anilines is 1. The van der Waals surface area contributed by atoms with Crippen LogP contribution in [0.1, 0.15) is 25.6 Å². The second-order valence-electron chi connectivity index (χ2n) is 4.82. The standard InChI is InChI=1S/C13H22N4O/c1-10(17-6-4-5-7-17)9-14-12-8-13(18-3)16-11(2)15-12/h8,10H,4-7,9H2,1-3H3,(H,14,15,16). The molecule has 1 atom stereocenters. The molecule has 5 nitrogen and oxygen atoms in total. The first-order valence-corrected chi connectivity index (χ1v) is 6.56. The van der Waals surface area contributed by atoms with Crippen molar-refractivity contribution in [2.75, 3.05) is 32.1 Å². The van der Waals surface area contributed by atoms with Crippen molar-refractivity contribution in [3.05, 3.63) is 11.9 Å². The van der Waals surface area contributed by atoms with E-state index >= 15 is 0 Å². The maximum Gasteiger partial charge on any atom is 0.218 e. The molecule has 0 spiro atoms. The molecule has 0 aromatic carbocycles. The van der Waals surface area contributed by atoms with Gasteiger partial charge in [0.25, 0.3) is 0 Å². The van der Waals surface area contributed by atoms with Crippen LogP contribution in [0.5, 0.6) is 5.88 Å². The Balaban J connectivity index is 1.90. The lowest BCUT2D eigenvalue weighted by Crippen LogP contribution is -2.35. The predicted octanol–water partition coefficient (Wildman–Crippen LogP) is 1.69. The first-order valence-electron chi connectivity index (χ1n) is 6.56. The fourth-order valence-corrected chi connectivity index (χ4v) is 2.30. The summed E-state index contributed by atoms with van der Waals surface area (Å²) in [5.41, 5.74) is 0. The van der Waals surface area contributed by atoms with E-state index in [0.29, 0.717) is 11.9 Å². The largest absolute Gasteiger partial charge is 0.481 e. The minimum atomic E-state index is 0.536. The van der Waals surface area contributed by atoms with Crippen molar-refractivity contribution in [3.63, 3.8) is 0 Å². The van der Waals surface area contributed by atoms with E-state index in [2.05, 4.69) is 27.1 Å². The second kappa shape index (κ2) is 6.00. The zero-order valence-corrected chi connectivity index (χ0v) is 11.4. The van der Waals surface area contributed by atoms with Crippen LogP contribution in [0.25, 0.3) is 0 Å². The summed E-state index contributed by atoms with van der Waals surface area (Å²) in [6.45, 7) is 7.46. The van der Waals surface area contributed by atoms with Crippen molar-refractivity contribution in [1.82, 2.24) is 14.9 Å². The zero-order chi connectivity index (χ0) is 13.0. The van der Waals surface area contributed by atoms with Crippen LogP contribution in [0.2, 0.25) is 0 Å². The molecule has 1 N–H and O–H groups in total. The Morgan fingerprint density at radius 1 is 1.39 bits per heavy atom. The molecule has 1 aliphatic heterocycles. The van der Waals surface area contributed by atoms with Crippen molar-refractivity contribution in [2.45, 2.75) is 32.7 Å². The zero-order valence-electron chi connectivity index (χ0n) is 11.4. The fourth-order valence-electron chi connectivity index (χ4n) is 2.30. The van der Waals surface area contributed by atoms with Gasteiger partial charge in [0.2, 0.25) is 5.88 Å². The smallest absolute Gasteiger partial charge is 0.218 e. The van der Waals surface area contributed by atoms with Crippen LogP contribution in [-0.4, -0.2) is 47.7 Å². The van der Waals surface area contributed by atoms with Gasteiger partial charge in [0.05, 0.1) is 7.11 Å². The minimum Gasteiger partial charge on any atom is -0.481 e. The number of hydrogen-bond acceptors (Lipinski definition) is 5. The van der Waals surface area contributed by atoms with Crippen LogP contribution in [0, 0.1) is 6.92 Å². The second-order valence-corrected chi connectivity index (χ2v) is 4.82. The van der Waals surface area contributed by atoms with Gasteiger partial charge in [-0.2, -0.15) is 4.98 Å². The number of nitrogens with one attached hydrogen (secondary N) is 1. The normalized spacial score (nSPS) is 17.7. The lowest BCUT2D eigenvalue weighted by Gasteiger charge is -2.24. The van der Waals surface area contributed by atoms with Crippen molar-refractivity contribution in [1.29, 1.82) is 0 Å². The summed E-state index contributed by atoms with van der Waals surface area (Å²) in [5.74, 6) is 2.18. The molecule has 1 aromatic rings. The topological polar surface area (TPSA) is 50.3 Å².